The van der Waals surface area contributed by atoms with E-state index in [-0.39, 0.29) is 11.3 Å². The molecule has 2 aliphatic heterocycles. The second-order valence-electron chi connectivity index (χ2n) is 6.75. The lowest BCUT2D eigenvalue weighted by Gasteiger charge is -2.53. The Balaban J connectivity index is 2.23. The molecule has 0 spiro atoms. The van der Waals surface area contributed by atoms with E-state index in [1.807, 2.05) is 0 Å². The van der Waals surface area contributed by atoms with Crippen molar-refractivity contribution in [3.63, 3.8) is 0 Å². The van der Waals surface area contributed by atoms with E-state index in [2.05, 4.69) is 31.2 Å². The number of carbonyl (C=O) groups is 2. The molecular formula is C15H21NO4S2Si. The predicted octanol–water partition coefficient (Wildman–Crippen LogP) is 2.64. The van der Waals surface area contributed by atoms with Crippen LogP contribution < -0.4 is 0 Å². The molecule has 2 rings (SSSR count). The largest absolute Gasteiger partial charge is 0.479 e. The summed E-state index contributed by atoms with van der Waals surface area (Å²) in [5.41, 5.74) is -0.645. The number of carboxylic acid groups (broad SMARTS) is 1. The number of thioether (sulfide) groups is 1. The Morgan fingerprint density at radius 1 is 1.61 bits per heavy atom. The molecule has 2 fully saturated rings. The number of aliphatic carboxylic acids is 1. The molecule has 1 amide bonds. The Morgan fingerprint density at radius 3 is 2.74 bits per heavy atom. The van der Waals surface area contributed by atoms with Crippen molar-refractivity contribution in [3.8, 4) is 0 Å². The third-order valence-corrected chi connectivity index (χ3v) is 6.98. The zero-order valence-electron chi connectivity index (χ0n) is 13.5. The van der Waals surface area contributed by atoms with Gasteiger partial charge < -0.3 is 14.4 Å². The first-order valence-electron chi connectivity index (χ1n) is 7.40. The molecule has 5 nitrogen and oxygen atoms in total. The number of thiocarbonyl (C=S) groups is 1. The molecule has 23 heavy (non-hydrogen) atoms. The number of hydrogen-bond acceptors (Lipinski definition) is 5. The number of rotatable bonds is 7. The van der Waals surface area contributed by atoms with Crippen LogP contribution in [0.4, 0.5) is 0 Å². The molecule has 0 saturated carbocycles. The SMILES string of the molecule is C=CC[C@]1(CCO[Si](C)(C)C)C(=O)N2C(C(=O)O)C(=C=S)S[C@@H]21. The summed E-state index contributed by atoms with van der Waals surface area (Å²) in [6.45, 7) is 10.5. The second-order valence-corrected chi connectivity index (χ2v) is 12.6. The molecule has 8 heteroatoms. The summed E-state index contributed by atoms with van der Waals surface area (Å²) in [5, 5.41) is 11.7. The zero-order valence-corrected chi connectivity index (χ0v) is 16.1. The fourth-order valence-electron chi connectivity index (χ4n) is 3.03. The maximum atomic E-state index is 12.8. The van der Waals surface area contributed by atoms with Gasteiger partial charge in [0.05, 0.1) is 15.7 Å². The average molecular weight is 372 g/mol. The van der Waals surface area contributed by atoms with Crippen molar-refractivity contribution in [1.82, 2.24) is 4.90 Å². The number of carboxylic acids is 1. The van der Waals surface area contributed by atoms with Crippen LogP contribution in [0.2, 0.25) is 19.6 Å². The molecule has 0 radical (unpaired) electrons. The van der Waals surface area contributed by atoms with Gasteiger partial charge in [-0.05, 0) is 49.7 Å². The first kappa shape index (κ1) is 18.4. The number of nitrogens with zero attached hydrogens (tertiary/aromatic N) is 1. The van der Waals surface area contributed by atoms with Crippen molar-refractivity contribution in [2.24, 2.45) is 5.41 Å². The van der Waals surface area contributed by atoms with E-state index in [1.165, 1.54) is 16.7 Å². The summed E-state index contributed by atoms with van der Waals surface area (Å²) in [4.78, 5) is 26.1. The molecule has 1 unspecified atom stereocenters. The smallest absolute Gasteiger partial charge is 0.332 e. The summed E-state index contributed by atoms with van der Waals surface area (Å²) < 4.78 is 5.90. The molecule has 2 aliphatic rings. The highest BCUT2D eigenvalue weighted by molar-refractivity contribution is 8.05. The van der Waals surface area contributed by atoms with Gasteiger partial charge in [0, 0.05) is 6.61 Å². The Hall–Kier alpha value is -0.923. The van der Waals surface area contributed by atoms with Gasteiger partial charge in [-0.25, -0.2) is 4.79 Å². The summed E-state index contributed by atoms with van der Waals surface area (Å²) in [5.74, 6) is -1.21. The fraction of sp³-hybridized carbons (Fsp3) is 0.600. The molecule has 3 atom stereocenters. The second kappa shape index (κ2) is 6.53. The molecule has 0 bridgehead atoms. The first-order chi connectivity index (χ1) is 10.7. The van der Waals surface area contributed by atoms with Gasteiger partial charge in [0.25, 0.3) is 0 Å². The lowest BCUT2D eigenvalue weighted by Crippen LogP contribution is -2.68. The van der Waals surface area contributed by atoms with Gasteiger partial charge >= 0.3 is 5.97 Å². The van der Waals surface area contributed by atoms with Crippen molar-refractivity contribution in [2.75, 3.05) is 6.61 Å². The lowest BCUT2D eigenvalue weighted by molar-refractivity contribution is -0.172. The van der Waals surface area contributed by atoms with Gasteiger partial charge in [-0.15, -0.1) is 6.58 Å². The van der Waals surface area contributed by atoms with Crippen molar-refractivity contribution in [3.05, 3.63) is 17.6 Å². The quantitative estimate of drug-likeness (QED) is 0.321. The summed E-state index contributed by atoms with van der Waals surface area (Å²) in [7, 11) is -1.66. The van der Waals surface area contributed by atoms with E-state index in [1.54, 1.807) is 6.08 Å². The number of allylic oxidation sites excluding steroid dienone is 1. The Morgan fingerprint density at radius 2 is 2.26 bits per heavy atom. The van der Waals surface area contributed by atoms with Gasteiger partial charge in [-0.3, -0.25) is 4.79 Å². The van der Waals surface area contributed by atoms with Crippen LogP contribution >= 0.6 is 24.0 Å². The van der Waals surface area contributed by atoms with Gasteiger partial charge in [0.1, 0.15) is 0 Å². The van der Waals surface area contributed by atoms with Crippen LogP contribution in [0.15, 0.2) is 17.6 Å². The van der Waals surface area contributed by atoms with Crippen LogP contribution in [0.1, 0.15) is 12.8 Å². The van der Waals surface area contributed by atoms with Crippen LogP contribution in [-0.2, 0) is 14.0 Å². The van der Waals surface area contributed by atoms with E-state index >= 15 is 0 Å². The Labute approximate surface area is 146 Å². The normalized spacial score (nSPS) is 29.8. The van der Waals surface area contributed by atoms with Crippen LogP contribution in [-0.4, -0.2) is 53.2 Å². The molecule has 0 aromatic heterocycles. The molecule has 0 aromatic carbocycles. The minimum Gasteiger partial charge on any atom is -0.479 e. The number of β-lactam (4-membered cyclic amide) rings is 1. The van der Waals surface area contributed by atoms with E-state index < -0.39 is 25.7 Å². The Kier molecular flexibility index (Phi) is 5.23. The van der Waals surface area contributed by atoms with Gasteiger partial charge in [-0.1, -0.05) is 17.8 Å². The highest BCUT2D eigenvalue weighted by Crippen LogP contribution is 2.58. The maximum absolute atomic E-state index is 12.8. The maximum Gasteiger partial charge on any atom is 0.332 e. The first-order valence-corrected chi connectivity index (χ1v) is 12.1. The van der Waals surface area contributed by atoms with E-state index in [4.69, 9.17) is 16.6 Å². The lowest BCUT2D eigenvalue weighted by atomic mass is 9.72. The van der Waals surface area contributed by atoms with E-state index in [0.717, 1.165) is 0 Å². The highest BCUT2D eigenvalue weighted by Gasteiger charge is 2.67. The summed E-state index contributed by atoms with van der Waals surface area (Å²) in [6, 6.07) is -0.995. The standard InChI is InChI=1S/C15H21NO4S2Si/c1-5-6-15(7-8-20-23(2,3)4)13(19)16-11(12(17)18)10(9-21)22-14(15)16/h5,11,14H,1,6-8H2,2-4H3,(H,17,18)/t11?,14-,15+/m1/s1. The molecule has 2 heterocycles. The van der Waals surface area contributed by atoms with Gasteiger partial charge in [0.15, 0.2) is 14.4 Å². The molecule has 0 aliphatic carbocycles. The highest BCUT2D eigenvalue weighted by atomic mass is 32.2. The third-order valence-electron chi connectivity index (χ3n) is 4.08. The van der Waals surface area contributed by atoms with Gasteiger partial charge in [0.2, 0.25) is 5.91 Å². The fourth-order valence-corrected chi connectivity index (χ4v) is 5.50. The number of fused-ring (bicyclic) bond motifs is 1. The number of amides is 1. The van der Waals surface area contributed by atoms with Crippen LogP contribution in [0.3, 0.4) is 0 Å². The van der Waals surface area contributed by atoms with Crippen molar-refractivity contribution in [1.29, 1.82) is 0 Å². The van der Waals surface area contributed by atoms with Crippen molar-refractivity contribution >= 4 is 49.2 Å². The number of hydrogen-bond donors (Lipinski definition) is 1. The molecule has 0 aromatic rings. The van der Waals surface area contributed by atoms with Crippen LogP contribution in [0.5, 0.6) is 0 Å². The summed E-state index contributed by atoms with van der Waals surface area (Å²) in [6.07, 6.45) is 2.79. The average Bonchev–Trinajstić information content (AvgIpc) is 2.81. The topological polar surface area (TPSA) is 66.8 Å². The van der Waals surface area contributed by atoms with Gasteiger partial charge in [-0.2, -0.15) is 0 Å². The van der Waals surface area contributed by atoms with E-state index in [0.29, 0.717) is 24.4 Å². The van der Waals surface area contributed by atoms with E-state index in [9.17, 15) is 14.7 Å². The minimum absolute atomic E-state index is 0.151. The molecule has 2 saturated heterocycles. The van der Waals surface area contributed by atoms with Crippen molar-refractivity contribution in [2.45, 2.75) is 43.9 Å². The molecule has 1 N–H and O–H groups in total. The van der Waals surface area contributed by atoms with Crippen LogP contribution in [0.25, 0.3) is 0 Å². The predicted molar refractivity (Wildman–Crippen MR) is 96.9 cm³/mol. The van der Waals surface area contributed by atoms with Crippen LogP contribution in [0, 0.1) is 5.41 Å². The molecular weight excluding hydrogens is 350 g/mol. The number of carbonyl (C=O) groups excluding carboxylic acids is 1. The third kappa shape index (κ3) is 3.18. The summed E-state index contributed by atoms with van der Waals surface area (Å²) >= 11 is 6.15. The zero-order chi connectivity index (χ0) is 17.4. The van der Waals surface area contributed by atoms with Crippen molar-refractivity contribution < 1.29 is 19.1 Å². The Bertz CT molecular complexity index is 597. The minimum atomic E-state index is -1.66. The molecule has 126 valence electrons. The monoisotopic (exact) mass is 371 g/mol.